The fourth-order valence-electron chi connectivity index (χ4n) is 7.40. The summed E-state index contributed by atoms with van der Waals surface area (Å²) in [6.07, 6.45) is 3.60. The molecule has 5 aromatic heterocycles. The van der Waals surface area contributed by atoms with E-state index >= 15 is 0 Å². The smallest absolute Gasteiger partial charge is 0.0900 e. The molecular formula is C48H31N5. The van der Waals surface area contributed by atoms with E-state index in [1.807, 2.05) is 36.4 Å². The highest BCUT2D eigenvalue weighted by atomic mass is 15.0. The fourth-order valence-corrected chi connectivity index (χ4v) is 7.40. The average Bonchev–Trinajstić information content (AvgIpc) is 3.60. The van der Waals surface area contributed by atoms with E-state index in [-0.39, 0.29) is 0 Å². The maximum atomic E-state index is 5.23. The predicted octanol–water partition coefficient (Wildman–Crippen LogP) is 11.9. The Balaban J connectivity index is 1.06. The van der Waals surface area contributed by atoms with Crippen molar-refractivity contribution >= 4 is 32.7 Å². The van der Waals surface area contributed by atoms with Crippen LogP contribution in [0.3, 0.4) is 0 Å². The van der Waals surface area contributed by atoms with E-state index in [0.29, 0.717) is 0 Å². The van der Waals surface area contributed by atoms with Crippen molar-refractivity contribution in [3.05, 3.63) is 188 Å². The van der Waals surface area contributed by atoms with Gasteiger partial charge in [0, 0.05) is 39.8 Å². The largest absolute Gasteiger partial charge is 0.308 e. The van der Waals surface area contributed by atoms with Crippen LogP contribution in [-0.4, -0.2) is 24.5 Å². The van der Waals surface area contributed by atoms with Crippen molar-refractivity contribution in [2.24, 2.45) is 0 Å². The number of pyridine rings is 4. The first-order chi connectivity index (χ1) is 26.3. The Morgan fingerprint density at radius 3 is 1.57 bits per heavy atom. The zero-order valence-corrected chi connectivity index (χ0v) is 28.6. The SMILES string of the molecule is c1ccc(-c2nc3ccccc3c3c2c2ccccc2n3-c2ccc(-c3ccc(-c4cc(-c5ccccn5)nc(-c5ccccn5)c4)cc3)cc2)cc1. The first-order valence-electron chi connectivity index (χ1n) is 17.7. The molecule has 5 nitrogen and oxygen atoms in total. The van der Waals surface area contributed by atoms with Gasteiger partial charge in [0.15, 0.2) is 0 Å². The summed E-state index contributed by atoms with van der Waals surface area (Å²) >= 11 is 0. The molecule has 0 saturated heterocycles. The quantitative estimate of drug-likeness (QED) is 0.176. The summed E-state index contributed by atoms with van der Waals surface area (Å²) in [5.74, 6) is 0. The van der Waals surface area contributed by atoms with Gasteiger partial charge in [0.25, 0.3) is 0 Å². The summed E-state index contributed by atoms with van der Waals surface area (Å²) in [6.45, 7) is 0. The van der Waals surface area contributed by atoms with E-state index < -0.39 is 0 Å². The molecule has 0 aliphatic carbocycles. The van der Waals surface area contributed by atoms with Gasteiger partial charge in [-0.2, -0.15) is 0 Å². The average molecular weight is 678 g/mol. The number of nitrogens with zero attached hydrogens (tertiary/aromatic N) is 5. The van der Waals surface area contributed by atoms with Gasteiger partial charge in [-0.3, -0.25) is 9.97 Å². The Morgan fingerprint density at radius 1 is 0.377 bits per heavy atom. The third kappa shape index (κ3) is 5.43. The summed E-state index contributed by atoms with van der Waals surface area (Å²) in [6, 6.07) is 61.3. The maximum Gasteiger partial charge on any atom is 0.0900 e. The van der Waals surface area contributed by atoms with Crippen LogP contribution >= 0.6 is 0 Å². The standard InChI is InChI=1S/C48H31N5/c1-2-12-35(13-3-1)47-46-39-15-5-7-19-45(39)53(48(46)38-14-4-6-16-40(38)52-47)37-26-24-33(25-27-37)32-20-22-34(23-21-32)36-30-43(41-17-8-10-28-49-41)51-44(31-36)42-18-9-11-29-50-42/h1-31H. The predicted molar refractivity (Wildman–Crippen MR) is 217 cm³/mol. The number of para-hydroxylation sites is 2. The van der Waals surface area contributed by atoms with E-state index in [9.17, 15) is 0 Å². The van der Waals surface area contributed by atoms with Gasteiger partial charge < -0.3 is 4.57 Å². The van der Waals surface area contributed by atoms with Gasteiger partial charge in [0.2, 0.25) is 0 Å². The minimum Gasteiger partial charge on any atom is -0.308 e. The second kappa shape index (κ2) is 12.8. The number of rotatable bonds is 6. The third-order valence-electron chi connectivity index (χ3n) is 9.91. The lowest BCUT2D eigenvalue weighted by Crippen LogP contribution is -1.96. The summed E-state index contributed by atoms with van der Waals surface area (Å²) in [7, 11) is 0. The Bertz CT molecular complexity index is 2840. The van der Waals surface area contributed by atoms with Crippen molar-refractivity contribution in [2.75, 3.05) is 0 Å². The van der Waals surface area contributed by atoms with Crippen LogP contribution in [0.1, 0.15) is 0 Å². The minimum absolute atomic E-state index is 0.813. The van der Waals surface area contributed by atoms with Gasteiger partial charge in [-0.15, -0.1) is 0 Å². The summed E-state index contributed by atoms with van der Waals surface area (Å²) in [5.41, 5.74) is 14.2. The van der Waals surface area contributed by atoms with Crippen LogP contribution in [0.4, 0.5) is 0 Å². The van der Waals surface area contributed by atoms with Crippen LogP contribution in [0.2, 0.25) is 0 Å². The molecule has 0 fully saturated rings. The number of aromatic nitrogens is 5. The lowest BCUT2D eigenvalue weighted by atomic mass is 9.99. The number of fused-ring (bicyclic) bond motifs is 5. The van der Waals surface area contributed by atoms with Gasteiger partial charge >= 0.3 is 0 Å². The first-order valence-corrected chi connectivity index (χ1v) is 17.7. The molecule has 0 atom stereocenters. The second-order valence-corrected chi connectivity index (χ2v) is 13.1. The highest BCUT2D eigenvalue weighted by Gasteiger charge is 2.20. The van der Waals surface area contributed by atoms with Crippen LogP contribution in [-0.2, 0) is 0 Å². The van der Waals surface area contributed by atoms with Gasteiger partial charge in [-0.25, -0.2) is 9.97 Å². The molecule has 5 heteroatoms. The van der Waals surface area contributed by atoms with E-state index in [0.717, 1.165) is 78.4 Å². The van der Waals surface area contributed by atoms with E-state index in [1.54, 1.807) is 12.4 Å². The van der Waals surface area contributed by atoms with Gasteiger partial charge in [0.05, 0.1) is 45.0 Å². The highest BCUT2D eigenvalue weighted by Crippen LogP contribution is 2.41. The molecule has 0 spiro atoms. The summed E-state index contributed by atoms with van der Waals surface area (Å²) in [4.78, 5) is 19.3. The lowest BCUT2D eigenvalue weighted by Gasteiger charge is -2.13. The second-order valence-electron chi connectivity index (χ2n) is 13.1. The lowest BCUT2D eigenvalue weighted by molar-refractivity contribution is 1.18. The maximum absolute atomic E-state index is 5.23. The molecule has 0 aliphatic heterocycles. The molecule has 5 heterocycles. The molecular weight excluding hydrogens is 647 g/mol. The molecule has 0 N–H and O–H groups in total. The molecule has 0 radical (unpaired) electrons. The van der Waals surface area contributed by atoms with Crippen molar-refractivity contribution in [3.8, 4) is 62.0 Å². The van der Waals surface area contributed by atoms with Gasteiger partial charge in [-0.1, -0.05) is 115 Å². The van der Waals surface area contributed by atoms with Crippen molar-refractivity contribution in [2.45, 2.75) is 0 Å². The van der Waals surface area contributed by atoms with Crippen LogP contribution in [0, 0.1) is 0 Å². The van der Waals surface area contributed by atoms with Crippen molar-refractivity contribution in [3.63, 3.8) is 0 Å². The normalized spacial score (nSPS) is 11.4. The van der Waals surface area contributed by atoms with Gasteiger partial charge in [0.1, 0.15) is 0 Å². The van der Waals surface area contributed by atoms with Crippen LogP contribution in [0.15, 0.2) is 188 Å². The molecule has 5 aromatic carbocycles. The van der Waals surface area contributed by atoms with Crippen molar-refractivity contribution in [1.29, 1.82) is 0 Å². The number of hydrogen-bond acceptors (Lipinski definition) is 4. The third-order valence-corrected chi connectivity index (χ3v) is 9.91. The van der Waals surface area contributed by atoms with Crippen molar-refractivity contribution in [1.82, 2.24) is 24.5 Å². The summed E-state index contributed by atoms with van der Waals surface area (Å²) in [5, 5.41) is 3.48. The van der Waals surface area contributed by atoms with E-state index in [4.69, 9.17) is 9.97 Å². The number of hydrogen-bond donors (Lipinski definition) is 0. The number of benzene rings is 5. The van der Waals surface area contributed by atoms with Gasteiger partial charge in [-0.05, 0) is 82.9 Å². The molecule has 0 unspecified atom stereocenters. The topological polar surface area (TPSA) is 56.5 Å². The molecule has 0 amide bonds. The van der Waals surface area contributed by atoms with E-state index in [2.05, 4.69) is 154 Å². The minimum atomic E-state index is 0.813. The zero-order chi connectivity index (χ0) is 35.1. The van der Waals surface area contributed by atoms with Crippen LogP contribution in [0.25, 0.3) is 94.7 Å². The Kier molecular flexibility index (Phi) is 7.40. The monoisotopic (exact) mass is 677 g/mol. The molecule has 10 rings (SSSR count). The zero-order valence-electron chi connectivity index (χ0n) is 28.6. The fraction of sp³-hybridized carbons (Fsp3) is 0. The Labute approximate surface area is 306 Å². The summed E-state index contributed by atoms with van der Waals surface area (Å²) < 4.78 is 2.40. The molecule has 248 valence electrons. The first kappa shape index (κ1) is 30.6. The van der Waals surface area contributed by atoms with Crippen LogP contribution in [0.5, 0.6) is 0 Å². The molecule has 0 saturated carbocycles. The highest BCUT2D eigenvalue weighted by molar-refractivity contribution is 6.22. The van der Waals surface area contributed by atoms with Crippen molar-refractivity contribution < 1.29 is 0 Å². The van der Waals surface area contributed by atoms with E-state index in [1.165, 1.54) is 16.3 Å². The molecule has 10 aromatic rings. The molecule has 0 bridgehead atoms. The Morgan fingerprint density at radius 2 is 0.925 bits per heavy atom. The molecule has 0 aliphatic rings. The molecule has 53 heavy (non-hydrogen) atoms. The van der Waals surface area contributed by atoms with Crippen LogP contribution < -0.4 is 0 Å². The Hall–Kier alpha value is -7.24.